The highest BCUT2D eigenvalue weighted by atomic mass is 35.5. The van der Waals surface area contributed by atoms with Gasteiger partial charge >= 0.3 is 0 Å². The lowest BCUT2D eigenvalue weighted by molar-refractivity contribution is -0.141. The van der Waals surface area contributed by atoms with Crippen molar-refractivity contribution in [3.05, 3.63) is 99.5 Å². The molecule has 1 atom stereocenters. The Hall–Kier alpha value is -3.07. The van der Waals surface area contributed by atoms with Gasteiger partial charge in [-0.1, -0.05) is 91.1 Å². The van der Waals surface area contributed by atoms with Crippen LogP contribution in [-0.2, 0) is 32.6 Å². The normalized spacial score (nSPS) is 12.0. The summed E-state index contributed by atoms with van der Waals surface area (Å²) in [5.74, 6) is -0.451. The van der Waals surface area contributed by atoms with Crippen molar-refractivity contribution in [3.8, 4) is 0 Å². The lowest BCUT2D eigenvalue weighted by atomic mass is 10.0. The van der Waals surface area contributed by atoms with E-state index in [2.05, 4.69) is 12.2 Å². The topological polar surface area (TPSA) is 86.8 Å². The summed E-state index contributed by atoms with van der Waals surface area (Å²) in [6, 6.07) is 21.3. The number of nitrogens with one attached hydrogen (secondary N) is 1. The van der Waals surface area contributed by atoms with E-state index in [1.54, 1.807) is 11.0 Å². The summed E-state index contributed by atoms with van der Waals surface area (Å²) in [6.45, 7) is 4.83. The first-order chi connectivity index (χ1) is 20.0. The van der Waals surface area contributed by atoms with Crippen molar-refractivity contribution in [1.29, 1.82) is 0 Å². The molecule has 42 heavy (non-hydrogen) atoms. The summed E-state index contributed by atoms with van der Waals surface area (Å²) in [4.78, 5) is 29.2. The SMILES string of the molecule is CCCCNC(=O)C(Cc1ccccc1)N(Cc1ccccc1C)C(=O)CCCN(c1cc(Cl)ccc1Cl)S(C)(=O)=O. The zero-order chi connectivity index (χ0) is 30.7. The smallest absolute Gasteiger partial charge is 0.243 e. The van der Waals surface area contributed by atoms with Crippen LogP contribution in [0.15, 0.2) is 72.8 Å². The maximum absolute atomic E-state index is 13.9. The number of hydrogen-bond acceptors (Lipinski definition) is 4. The molecule has 0 aliphatic carbocycles. The lowest BCUT2D eigenvalue weighted by Gasteiger charge is -2.32. The van der Waals surface area contributed by atoms with Gasteiger partial charge in [0.15, 0.2) is 0 Å². The van der Waals surface area contributed by atoms with E-state index in [4.69, 9.17) is 23.2 Å². The highest BCUT2D eigenvalue weighted by molar-refractivity contribution is 7.92. The largest absolute Gasteiger partial charge is 0.354 e. The molecule has 1 N–H and O–H groups in total. The van der Waals surface area contributed by atoms with E-state index < -0.39 is 16.1 Å². The average molecular weight is 633 g/mol. The Kier molecular flexibility index (Phi) is 12.7. The van der Waals surface area contributed by atoms with Crippen molar-refractivity contribution in [1.82, 2.24) is 10.2 Å². The van der Waals surface area contributed by atoms with Crippen molar-refractivity contribution in [2.45, 2.75) is 58.5 Å². The minimum absolute atomic E-state index is 0.0227. The van der Waals surface area contributed by atoms with Crippen LogP contribution >= 0.6 is 23.2 Å². The first kappa shape index (κ1) is 33.4. The van der Waals surface area contributed by atoms with Crippen molar-refractivity contribution in [2.75, 3.05) is 23.7 Å². The van der Waals surface area contributed by atoms with Crippen molar-refractivity contribution >= 4 is 50.7 Å². The monoisotopic (exact) mass is 631 g/mol. The molecule has 0 aliphatic rings. The van der Waals surface area contributed by atoms with Crippen LogP contribution < -0.4 is 9.62 Å². The van der Waals surface area contributed by atoms with E-state index >= 15 is 0 Å². The van der Waals surface area contributed by atoms with E-state index in [1.165, 1.54) is 16.4 Å². The number of anilines is 1. The summed E-state index contributed by atoms with van der Waals surface area (Å²) in [5.41, 5.74) is 3.15. The van der Waals surface area contributed by atoms with E-state index in [1.807, 2.05) is 61.5 Å². The zero-order valence-electron chi connectivity index (χ0n) is 24.4. The van der Waals surface area contributed by atoms with Crippen LogP contribution in [0.2, 0.25) is 10.0 Å². The molecule has 3 aromatic carbocycles. The second-order valence-electron chi connectivity index (χ2n) is 10.3. The van der Waals surface area contributed by atoms with E-state index in [9.17, 15) is 18.0 Å². The summed E-state index contributed by atoms with van der Waals surface area (Å²) in [7, 11) is -3.71. The number of aryl methyl sites for hydroxylation is 1. The van der Waals surface area contributed by atoms with Gasteiger partial charge in [0, 0.05) is 37.5 Å². The fourth-order valence-corrected chi connectivity index (χ4v) is 6.10. The van der Waals surface area contributed by atoms with Crippen LogP contribution in [0.25, 0.3) is 0 Å². The predicted octanol–water partition coefficient (Wildman–Crippen LogP) is 6.40. The number of carbonyl (C=O) groups excluding carboxylic acids is 2. The Balaban J connectivity index is 1.90. The minimum atomic E-state index is -3.71. The van der Waals surface area contributed by atoms with E-state index in [0.29, 0.717) is 18.0 Å². The quantitative estimate of drug-likeness (QED) is 0.197. The minimum Gasteiger partial charge on any atom is -0.354 e. The van der Waals surface area contributed by atoms with Crippen molar-refractivity contribution in [2.24, 2.45) is 0 Å². The molecule has 3 rings (SSSR count). The lowest BCUT2D eigenvalue weighted by Crippen LogP contribution is -2.50. The summed E-state index contributed by atoms with van der Waals surface area (Å²) in [6.07, 6.45) is 3.46. The highest BCUT2D eigenvalue weighted by Crippen LogP contribution is 2.31. The molecule has 0 radical (unpaired) electrons. The molecule has 0 saturated heterocycles. The molecule has 0 saturated carbocycles. The van der Waals surface area contributed by atoms with Gasteiger partial charge < -0.3 is 10.2 Å². The third kappa shape index (κ3) is 9.75. The highest BCUT2D eigenvalue weighted by Gasteiger charge is 2.31. The molecule has 0 aliphatic heterocycles. The van der Waals surface area contributed by atoms with Gasteiger partial charge in [0.05, 0.1) is 17.0 Å². The molecule has 0 aromatic heterocycles. The fourth-order valence-electron chi connectivity index (χ4n) is 4.69. The zero-order valence-corrected chi connectivity index (χ0v) is 26.7. The number of halogens is 2. The number of benzene rings is 3. The van der Waals surface area contributed by atoms with Crippen molar-refractivity contribution in [3.63, 3.8) is 0 Å². The molecule has 226 valence electrons. The van der Waals surface area contributed by atoms with Crippen LogP contribution in [0.4, 0.5) is 5.69 Å². The van der Waals surface area contributed by atoms with E-state index in [-0.39, 0.29) is 48.5 Å². The van der Waals surface area contributed by atoms with Gasteiger partial charge in [0.1, 0.15) is 6.04 Å². The maximum atomic E-state index is 13.9. The number of unbranched alkanes of at least 4 members (excludes halogenated alkanes) is 1. The number of hydrogen-bond donors (Lipinski definition) is 1. The fraction of sp³-hybridized carbons (Fsp3) is 0.375. The van der Waals surface area contributed by atoms with Gasteiger partial charge in [0.2, 0.25) is 21.8 Å². The summed E-state index contributed by atoms with van der Waals surface area (Å²) < 4.78 is 26.5. The Morgan fingerprint density at radius 3 is 2.31 bits per heavy atom. The van der Waals surface area contributed by atoms with E-state index in [0.717, 1.165) is 35.8 Å². The number of carbonyl (C=O) groups is 2. The molecule has 0 spiro atoms. The average Bonchev–Trinajstić information content (AvgIpc) is 2.95. The number of rotatable bonds is 15. The summed E-state index contributed by atoms with van der Waals surface area (Å²) in [5, 5.41) is 3.61. The van der Waals surface area contributed by atoms with Gasteiger partial charge in [0.25, 0.3) is 0 Å². The number of sulfonamides is 1. The molecule has 10 heteroatoms. The van der Waals surface area contributed by atoms with Crippen LogP contribution in [0.1, 0.15) is 49.3 Å². The molecule has 1 unspecified atom stereocenters. The first-order valence-electron chi connectivity index (χ1n) is 14.1. The van der Waals surface area contributed by atoms with Gasteiger partial charge in [-0.15, -0.1) is 0 Å². The third-order valence-corrected chi connectivity index (χ3v) is 8.77. The van der Waals surface area contributed by atoms with Crippen LogP contribution in [-0.4, -0.2) is 50.5 Å². The maximum Gasteiger partial charge on any atom is 0.243 e. The Bertz CT molecular complexity index is 1450. The molecular weight excluding hydrogens is 593 g/mol. The molecule has 2 amide bonds. The van der Waals surface area contributed by atoms with Crippen LogP contribution in [0, 0.1) is 6.92 Å². The first-order valence-corrected chi connectivity index (χ1v) is 16.7. The Morgan fingerprint density at radius 1 is 0.952 bits per heavy atom. The van der Waals surface area contributed by atoms with Crippen LogP contribution in [0.5, 0.6) is 0 Å². The third-order valence-electron chi connectivity index (χ3n) is 7.03. The molecule has 0 heterocycles. The molecular formula is C32H39Cl2N3O4S. The standard InChI is InChI=1S/C32H39Cl2N3O4S/c1-4-5-19-35-32(39)30(21-25-13-7-6-8-14-25)36(23-26-15-10-9-12-24(26)2)31(38)16-11-20-37(42(3,40)41)29-22-27(33)17-18-28(29)34/h6-10,12-15,17-18,22,30H,4-5,11,16,19-21,23H2,1-3H3,(H,35,39). The molecule has 0 fully saturated rings. The van der Waals surface area contributed by atoms with Gasteiger partial charge in [-0.2, -0.15) is 0 Å². The van der Waals surface area contributed by atoms with Gasteiger partial charge in [-0.05, 0) is 54.7 Å². The second-order valence-corrected chi connectivity index (χ2v) is 13.1. The number of nitrogens with zero attached hydrogens (tertiary/aromatic N) is 2. The Labute approximate surface area is 259 Å². The summed E-state index contributed by atoms with van der Waals surface area (Å²) >= 11 is 12.4. The second kappa shape index (κ2) is 16.0. The predicted molar refractivity (Wildman–Crippen MR) is 171 cm³/mol. The molecule has 0 bridgehead atoms. The van der Waals surface area contributed by atoms with Crippen molar-refractivity contribution < 1.29 is 18.0 Å². The number of amides is 2. The van der Waals surface area contributed by atoms with Gasteiger partial charge in [-0.3, -0.25) is 13.9 Å². The molecule has 3 aromatic rings. The van der Waals surface area contributed by atoms with Gasteiger partial charge in [-0.25, -0.2) is 8.42 Å². The van der Waals surface area contributed by atoms with Crippen LogP contribution in [0.3, 0.4) is 0 Å². The Morgan fingerprint density at radius 2 is 1.64 bits per heavy atom. The molecule has 7 nitrogen and oxygen atoms in total.